The van der Waals surface area contributed by atoms with Gasteiger partial charge in [0, 0.05) is 30.5 Å². The van der Waals surface area contributed by atoms with E-state index >= 15 is 0 Å². The summed E-state index contributed by atoms with van der Waals surface area (Å²) < 4.78 is 0. The normalized spacial score (nSPS) is 30.5. The Labute approximate surface area is 123 Å². The molecule has 3 rings (SSSR count). The molecule has 0 radical (unpaired) electrons. The predicted octanol–water partition coefficient (Wildman–Crippen LogP) is 4.52. The highest BCUT2D eigenvalue weighted by Crippen LogP contribution is 2.32. The van der Waals surface area contributed by atoms with Gasteiger partial charge in [0.15, 0.2) is 0 Å². The van der Waals surface area contributed by atoms with Gasteiger partial charge in [-0.3, -0.25) is 0 Å². The Kier molecular flexibility index (Phi) is 4.18. The van der Waals surface area contributed by atoms with Crippen molar-refractivity contribution in [2.75, 3.05) is 23.3 Å². The van der Waals surface area contributed by atoms with Crippen LogP contribution in [0.4, 0.5) is 11.4 Å². The predicted molar refractivity (Wildman–Crippen MR) is 87.5 cm³/mol. The molecule has 0 aromatic heterocycles. The molecule has 1 aromatic rings. The van der Waals surface area contributed by atoms with E-state index in [0.29, 0.717) is 6.04 Å². The van der Waals surface area contributed by atoms with Crippen LogP contribution in [0, 0.1) is 11.8 Å². The first kappa shape index (κ1) is 13.8. The number of nitrogens with one attached hydrogen (secondary N) is 1. The van der Waals surface area contributed by atoms with Gasteiger partial charge in [0.1, 0.15) is 0 Å². The highest BCUT2D eigenvalue weighted by atomic mass is 15.1. The number of hydrogen-bond acceptors (Lipinski definition) is 2. The molecule has 0 bridgehead atoms. The van der Waals surface area contributed by atoms with Crippen molar-refractivity contribution in [1.29, 1.82) is 0 Å². The zero-order valence-electron chi connectivity index (χ0n) is 12.9. The van der Waals surface area contributed by atoms with E-state index in [1.165, 1.54) is 56.6 Å². The maximum absolute atomic E-state index is 3.76. The molecule has 1 saturated carbocycles. The Morgan fingerprint density at radius 1 is 0.950 bits per heavy atom. The molecular weight excluding hydrogens is 244 g/mol. The zero-order chi connectivity index (χ0) is 13.9. The lowest BCUT2D eigenvalue weighted by atomic mass is 9.78. The highest BCUT2D eigenvalue weighted by Gasteiger charge is 2.26. The number of hydrogen-bond donors (Lipinski definition) is 1. The molecule has 2 fully saturated rings. The number of rotatable bonds is 3. The standard InChI is InChI=1S/C18H28N2/c1-14-6-5-7-18(15(14)2)19-16-8-10-17(11-9-16)20-12-3-4-13-20/h8-11,14-15,18-19H,3-7,12-13H2,1-2H3. The van der Waals surface area contributed by atoms with E-state index in [4.69, 9.17) is 0 Å². The van der Waals surface area contributed by atoms with Gasteiger partial charge in [-0.15, -0.1) is 0 Å². The van der Waals surface area contributed by atoms with Crippen LogP contribution in [0.2, 0.25) is 0 Å². The first-order valence-corrected chi connectivity index (χ1v) is 8.35. The first-order valence-electron chi connectivity index (χ1n) is 8.35. The lowest BCUT2D eigenvalue weighted by molar-refractivity contribution is 0.253. The number of nitrogens with zero attached hydrogens (tertiary/aromatic N) is 1. The molecule has 0 spiro atoms. The molecule has 20 heavy (non-hydrogen) atoms. The van der Waals surface area contributed by atoms with Gasteiger partial charge in [-0.2, -0.15) is 0 Å². The fourth-order valence-corrected chi connectivity index (χ4v) is 3.74. The summed E-state index contributed by atoms with van der Waals surface area (Å²) in [5, 5.41) is 3.76. The number of benzene rings is 1. The third-order valence-electron chi connectivity index (χ3n) is 5.40. The molecule has 110 valence electrons. The van der Waals surface area contributed by atoms with Crippen LogP contribution in [0.15, 0.2) is 24.3 Å². The lowest BCUT2D eigenvalue weighted by Gasteiger charge is -2.35. The van der Waals surface area contributed by atoms with Crippen LogP contribution < -0.4 is 10.2 Å². The summed E-state index contributed by atoms with van der Waals surface area (Å²) in [5.74, 6) is 1.63. The molecule has 3 unspecified atom stereocenters. The lowest BCUT2D eigenvalue weighted by Crippen LogP contribution is -2.34. The minimum atomic E-state index is 0.649. The van der Waals surface area contributed by atoms with Crippen LogP contribution in [-0.4, -0.2) is 19.1 Å². The zero-order valence-corrected chi connectivity index (χ0v) is 12.9. The van der Waals surface area contributed by atoms with Gasteiger partial charge in [-0.1, -0.05) is 26.7 Å². The van der Waals surface area contributed by atoms with E-state index in [-0.39, 0.29) is 0 Å². The van der Waals surface area contributed by atoms with Gasteiger partial charge >= 0.3 is 0 Å². The van der Waals surface area contributed by atoms with Gasteiger partial charge in [0.05, 0.1) is 0 Å². The monoisotopic (exact) mass is 272 g/mol. The Hall–Kier alpha value is -1.18. The van der Waals surface area contributed by atoms with Crippen LogP contribution in [-0.2, 0) is 0 Å². The molecule has 2 heteroatoms. The minimum Gasteiger partial charge on any atom is -0.382 e. The van der Waals surface area contributed by atoms with Crippen LogP contribution in [0.25, 0.3) is 0 Å². The third-order valence-corrected chi connectivity index (χ3v) is 5.40. The van der Waals surface area contributed by atoms with Crippen molar-refractivity contribution in [1.82, 2.24) is 0 Å². The maximum atomic E-state index is 3.76. The fourth-order valence-electron chi connectivity index (χ4n) is 3.74. The Morgan fingerprint density at radius 3 is 2.35 bits per heavy atom. The quantitative estimate of drug-likeness (QED) is 0.870. The largest absolute Gasteiger partial charge is 0.382 e. The molecule has 1 aliphatic heterocycles. The number of anilines is 2. The van der Waals surface area contributed by atoms with E-state index in [1.807, 2.05) is 0 Å². The van der Waals surface area contributed by atoms with E-state index in [9.17, 15) is 0 Å². The van der Waals surface area contributed by atoms with Crippen molar-refractivity contribution in [2.45, 2.75) is 52.0 Å². The van der Waals surface area contributed by atoms with Gasteiger partial charge in [-0.25, -0.2) is 0 Å². The molecule has 1 saturated heterocycles. The Bertz CT molecular complexity index is 420. The van der Waals surface area contributed by atoms with Crippen molar-refractivity contribution in [3.8, 4) is 0 Å². The van der Waals surface area contributed by atoms with Gasteiger partial charge < -0.3 is 10.2 Å². The summed E-state index contributed by atoms with van der Waals surface area (Å²) in [6.45, 7) is 7.25. The second-order valence-corrected chi connectivity index (χ2v) is 6.76. The van der Waals surface area contributed by atoms with E-state index in [1.54, 1.807) is 0 Å². The van der Waals surface area contributed by atoms with Crippen LogP contribution in [0.3, 0.4) is 0 Å². The van der Waals surface area contributed by atoms with Crippen molar-refractivity contribution < 1.29 is 0 Å². The van der Waals surface area contributed by atoms with Crippen molar-refractivity contribution >= 4 is 11.4 Å². The highest BCUT2D eigenvalue weighted by molar-refractivity contribution is 5.55. The van der Waals surface area contributed by atoms with Crippen molar-refractivity contribution in [3.05, 3.63) is 24.3 Å². The second kappa shape index (κ2) is 6.07. The van der Waals surface area contributed by atoms with Crippen LogP contribution in [0.5, 0.6) is 0 Å². The van der Waals surface area contributed by atoms with E-state index in [2.05, 4.69) is 48.3 Å². The molecular formula is C18H28N2. The SMILES string of the molecule is CC1CCCC(Nc2ccc(N3CCCC3)cc2)C1C. The summed E-state index contributed by atoms with van der Waals surface area (Å²) in [5.41, 5.74) is 2.68. The van der Waals surface area contributed by atoms with Gasteiger partial charge in [0.25, 0.3) is 0 Å². The Morgan fingerprint density at radius 2 is 1.65 bits per heavy atom. The average molecular weight is 272 g/mol. The topological polar surface area (TPSA) is 15.3 Å². The summed E-state index contributed by atoms with van der Waals surface area (Å²) in [6.07, 6.45) is 6.77. The summed E-state index contributed by atoms with van der Waals surface area (Å²) in [7, 11) is 0. The van der Waals surface area contributed by atoms with Crippen molar-refractivity contribution in [3.63, 3.8) is 0 Å². The van der Waals surface area contributed by atoms with E-state index < -0.39 is 0 Å². The maximum Gasteiger partial charge on any atom is 0.0367 e. The first-order chi connectivity index (χ1) is 9.74. The van der Waals surface area contributed by atoms with Crippen molar-refractivity contribution in [2.24, 2.45) is 11.8 Å². The molecule has 1 heterocycles. The Balaban J connectivity index is 1.62. The van der Waals surface area contributed by atoms with Crippen LogP contribution in [0.1, 0.15) is 46.0 Å². The molecule has 2 nitrogen and oxygen atoms in total. The second-order valence-electron chi connectivity index (χ2n) is 6.76. The van der Waals surface area contributed by atoms with Crippen LogP contribution >= 0.6 is 0 Å². The summed E-state index contributed by atoms with van der Waals surface area (Å²) in [6, 6.07) is 9.74. The third kappa shape index (κ3) is 2.94. The minimum absolute atomic E-state index is 0.649. The van der Waals surface area contributed by atoms with Gasteiger partial charge in [0.2, 0.25) is 0 Å². The molecule has 3 atom stereocenters. The molecule has 2 aliphatic rings. The average Bonchev–Trinajstić information content (AvgIpc) is 2.99. The van der Waals surface area contributed by atoms with Gasteiger partial charge in [-0.05, 0) is 55.4 Å². The molecule has 0 amide bonds. The molecule has 1 N–H and O–H groups in total. The molecule has 1 aromatic carbocycles. The molecule has 1 aliphatic carbocycles. The fraction of sp³-hybridized carbons (Fsp3) is 0.667. The van der Waals surface area contributed by atoms with E-state index in [0.717, 1.165) is 11.8 Å². The summed E-state index contributed by atoms with van der Waals surface area (Å²) in [4.78, 5) is 2.50. The summed E-state index contributed by atoms with van der Waals surface area (Å²) >= 11 is 0. The smallest absolute Gasteiger partial charge is 0.0367 e.